The first kappa shape index (κ1) is 13.8. The molecule has 0 saturated heterocycles. The molecule has 0 saturated carbocycles. The van der Waals surface area contributed by atoms with E-state index in [1.165, 1.54) is 11.1 Å². The quantitative estimate of drug-likeness (QED) is 0.922. The Kier molecular flexibility index (Phi) is 3.84. The van der Waals surface area contributed by atoms with Gasteiger partial charge in [0.15, 0.2) is 0 Å². The predicted octanol–water partition coefficient (Wildman–Crippen LogP) is 2.02. The van der Waals surface area contributed by atoms with Gasteiger partial charge in [-0.05, 0) is 26.0 Å². The summed E-state index contributed by atoms with van der Waals surface area (Å²) < 4.78 is 4.85. The smallest absolute Gasteiger partial charge is 0.323 e. The summed E-state index contributed by atoms with van der Waals surface area (Å²) in [6.07, 6.45) is 1.29. The minimum atomic E-state index is -1.09. The molecule has 104 valence electrons. The summed E-state index contributed by atoms with van der Waals surface area (Å²) in [4.78, 5) is 24.6. The first-order valence-electron chi connectivity index (χ1n) is 6.00. The largest absolute Gasteiger partial charge is 0.480 e. The molecule has 1 aromatic carbocycles. The number of carbonyl (C=O) groups excluding carboxylic acids is 1. The minimum Gasteiger partial charge on any atom is -0.480 e. The summed E-state index contributed by atoms with van der Waals surface area (Å²) in [5, 5.41) is 12.5. The van der Waals surface area contributed by atoms with E-state index in [2.05, 4.69) is 5.16 Å². The number of hydrogen-bond acceptors (Lipinski definition) is 4. The lowest BCUT2D eigenvalue weighted by Crippen LogP contribution is -2.35. The fraction of sp³-hybridized carbons (Fsp3) is 0.214. The van der Waals surface area contributed by atoms with Crippen LogP contribution in [0.15, 0.2) is 35.0 Å². The van der Waals surface area contributed by atoms with Crippen molar-refractivity contribution in [1.82, 2.24) is 5.16 Å². The Morgan fingerprint density at radius 2 is 1.90 bits per heavy atom. The van der Waals surface area contributed by atoms with E-state index in [1.54, 1.807) is 19.1 Å². The molecular formula is C14H14N2O4. The summed E-state index contributed by atoms with van der Waals surface area (Å²) in [6.45, 7) is 3.10. The molecule has 1 amide bonds. The Bertz CT molecular complexity index is 631. The Morgan fingerprint density at radius 3 is 2.40 bits per heavy atom. The second-order valence-corrected chi connectivity index (χ2v) is 4.42. The molecule has 0 aliphatic carbocycles. The number of benzene rings is 1. The van der Waals surface area contributed by atoms with Crippen LogP contribution >= 0.6 is 0 Å². The maximum atomic E-state index is 12.4. The average Bonchev–Trinajstić information content (AvgIpc) is 2.82. The first-order chi connectivity index (χ1) is 9.49. The highest BCUT2D eigenvalue weighted by atomic mass is 16.5. The molecule has 0 aliphatic heterocycles. The minimum absolute atomic E-state index is 0.256. The van der Waals surface area contributed by atoms with Gasteiger partial charge in [0.05, 0.1) is 6.20 Å². The number of carboxylic acid groups (broad SMARTS) is 1. The molecule has 1 aromatic heterocycles. The Labute approximate surface area is 115 Å². The monoisotopic (exact) mass is 274 g/mol. The van der Waals surface area contributed by atoms with E-state index in [0.717, 1.165) is 5.56 Å². The molecule has 0 radical (unpaired) electrons. The Morgan fingerprint density at radius 1 is 1.25 bits per heavy atom. The van der Waals surface area contributed by atoms with Crippen LogP contribution in [0.4, 0.5) is 5.69 Å². The maximum Gasteiger partial charge on any atom is 0.323 e. The summed E-state index contributed by atoms with van der Waals surface area (Å²) in [5.74, 6) is -1.18. The Balaban J connectivity index is 2.37. The fourth-order valence-electron chi connectivity index (χ4n) is 1.79. The highest BCUT2D eigenvalue weighted by Gasteiger charge is 2.23. The van der Waals surface area contributed by atoms with Crippen LogP contribution in [0.25, 0.3) is 0 Å². The lowest BCUT2D eigenvalue weighted by atomic mass is 10.2. The summed E-state index contributed by atoms with van der Waals surface area (Å²) in [5.41, 5.74) is 1.80. The topological polar surface area (TPSA) is 83.6 Å². The van der Waals surface area contributed by atoms with E-state index in [0.29, 0.717) is 11.4 Å². The van der Waals surface area contributed by atoms with Gasteiger partial charge in [-0.2, -0.15) is 0 Å². The molecule has 2 rings (SSSR count). The van der Waals surface area contributed by atoms with Crippen LogP contribution in [0.3, 0.4) is 0 Å². The molecule has 1 N–H and O–H groups in total. The molecule has 0 bridgehead atoms. The van der Waals surface area contributed by atoms with Crippen LogP contribution < -0.4 is 4.90 Å². The normalized spacial score (nSPS) is 10.3. The zero-order chi connectivity index (χ0) is 14.7. The number of anilines is 1. The van der Waals surface area contributed by atoms with Crippen molar-refractivity contribution in [2.45, 2.75) is 13.8 Å². The highest BCUT2D eigenvalue weighted by Crippen LogP contribution is 2.19. The first-order valence-corrected chi connectivity index (χ1v) is 6.00. The number of aliphatic carboxylic acids is 1. The van der Waals surface area contributed by atoms with E-state index < -0.39 is 18.4 Å². The van der Waals surface area contributed by atoms with Crippen LogP contribution in [0.5, 0.6) is 0 Å². The van der Waals surface area contributed by atoms with Crippen molar-refractivity contribution >= 4 is 17.6 Å². The zero-order valence-electron chi connectivity index (χ0n) is 11.2. The van der Waals surface area contributed by atoms with Gasteiger partial charge < -0.3 is 9.63 Å². The van der Waals surface area contributed by atoms with Gasteiger partial charge in [0, 0.05) is 5.69 Å². The number of hydrogen-bond donors (Lipinski definition) is 1. The van der Waals surface area contributed by atoms with Crippen molar-refractivity contribution in [3.63, 3.8) is 0 Å². The second-order valence-electron chi connectivity index (χ2n) is 4.42. The van der Waals surface area contributed by atoms with Crippen LogP contribution in [0.2, 0.25) is 0 Å². The van der Waals surface area contributed by atoms with E-state index in [-0.39, 0.29) is 5.56 Å². The van der Waals surface area contributed by atoms with E-state index in [4.69, 9.17) is 9.63 Å². The van der Waals surface area contributed by atoms with Gasteiger partial charge in [-0.25, -0.2) is 0 Å². The molecule has 0 unspecified atom stereocenters. The average molecular weight is 274 g/mol. The van der Waals surface area contributed by atoms with Crippen LogP contribution in [0.1, 0.15) is 21.7 Å². The number of nitrogens with zero attached hydrogens (tertiary/aromatic N) is 2. The third kappa shape index (κ3) is 2.85. The SMILES string of the molecule is Cc1ccc(N(CC(=O)O)C(=O)c2cnoc2C)cc1. The van der Waals surface area contributed by atoms with Gasteiger partial charge in [0.2, 0.25) is 0 Å². The maximum absolute atomic E-state index is 12.4. The second kappa shape index (κ2) is 5.56. The van der Waals surface area contributed by atoms with Crippen LogP contribution in [-0.2, 0) is 4.79 Å². The third-order valence-electron chi connectivity index (χ3n) is 2.87. The van der Waals surface area contributed by atoms with Gasteiger partial charge in [0.1, 0.15) is 17.9 Å². The predicted molar refractivity (Wildman–Crippen MR) is 71.7 cm³/mol. The van der Waals surface area contributed by atoms with Gasteiger partial charge in [-0.1, -0.05) is 22.9 Å². The van der Waals surface area contributed by atoms with Crippen LogP contribution in [-0.4, -0.2) is 28.7 Å². The van der Waals surface area contributed by atoms with Crippen molar-refractivity contribution in [2.24, 2.45) is 0 Å². The molecule has 1 heterocycles. The fourth-order valence-corrected chi connectivity index (χ4v) is 1.79. The molecule has 20 heavy (non-hydrogen) atoms. The molecule has 6 nitrogen and oxygen atoms in total. The molecular weight excluding hydrogens is 260 g/mol. The number of aryl methyl sites for hydroxylation is 2. The van der Waals surface area contributed by atoms with Gasteiger partial charge >= 0.3 is 5.97 Å². The van der Waals surface area contributed by atoms with Crippen molar-refractivity contribution in [2.75, 3.05) is 11.4 Å². The lowest BCUT2D eigenvalue weighted by molar-refractivity contribution is -0.135. The molecule has 0 aliphatic rings. The number of amides is 1. The number of carbonyl (C=O) groups is 2. The summed E-state index contributed by atoms with van der Waals surface area (Å²) >= 11 is 0. The van der Waals surface area contributed by atoms with E-state index in [1.807, 2.05) is 19.1 Å². The molecule has 6 heteroatoms. The molecule has 0 fully saturated rings. The number of rotatable bonds is 4. The Hall–Kier alpha value is -2.63. The molecule has 0 spiro atoms. The van der Waals surface area contributed by atoms with Gasteiger partial charge in [-0.3, -0.25) is 14.5 Å². The lowest BCUT2D eigenvalue weighted by Gasteiger charge is -2.20. The molecule has 0 atom stereocenters. The summed E-state index contributed by atoms with van der Waals surface area (Å²) in [7, 11) is 0. The van der Waals surface area contributed by atoms with Crippen molar-refractivity contribution in [3.05, 3.63) is 47.3 Å². The van der Waals surface area contributed by atoms with Crippen molar-refractivity contribution < 1.29 is 19.2 Å². The van der Waals surface area contributed by atoms with E-state index >= 15 is 0 Å². The van der Waals surface area contributed by atoms with Gasteiger partial charge in [0.25, 0.3) is 5.91 Å². The van der Waals surface area contributed by atoms with Crippen molar-refractivity contribution in [1.29, 1.82) is 0 Å². The molecule has 2 aromatic rings. The highest BCUT2D eigenvalue weighted by molar-refractivity contribution is 6.08. The number of aromatic nitrogens is 1. The third-order valence-corrected chi connectivity index (χ3v) is 2.87. The number of carboxylic acids is 1. The van der Waals surface area contributed by atoms with Crippen LogP contribution in [0, 0.1) is 13.8 Å². The summed E-state index contributed by atoms with van der Waals surface area (Å²) in [6, 6.07) is 7.05. The van der Waals surface area contributed by atoms with E-state index in [9.17, 15) is 9.59 Å². The van der Waals surface area contributed by atoms with Gasteiger partial charge in [-0.15, -0.1) is 0 Å². The standard InChI is InChI=1S/C14H14N2O4/c1-9-3-5-11(6-4-9)16(8-13(17)18)14(19)12-7-15-20-10(12)2/h3-7H,8H2,1-2H3,(H,17,18). The zero-order valence-corrected chi connectivity index (χ0v) is 11.2. The van der Waals surface area contributed by atoms with Crippen molar-refractivity contribution in [3.8, 4) is 0 Å².